The summed E-state index contributed by atoms with van der Waals surface area (Å²) in [5.74, 6) is 1.34. The average Bonchev–Trinajstić information content (AvgIpc) is 3.22. The van der Waals surface area contributed by atoms with Gasteiger partial charge >= 0.3 is 0 Å². The number of anilines is 1. The van der Waals surface area contributed by atoms with Gasteiger partial charge in [0.15, 0.2) is 11.0 Å². The third-order valence-electron chi connectivity index (χ3n) is 5.22. The number of ether oxygens (including phenoxy) is 1. The molecule has 0 fully saturated rings. The van der Waals surface area contributed by atoms with Gasteiger partial charge in [-0.1, -0.05) is 71.9 Å². The van der Waals surface area contributed by atoms with Crippen LogP contribution < -0.4 is 10.1 Å². The van der Waals surface area contributed by atoms with E-state index in [9.17, 15) is 4.79 Å². The van der Waals surface area contributed by atoms with Crippen molar-refractivity contribution in [1.82, 2.24) is 14.8 Å². The van der Waals surface area contributed by atoms with Gasteiger partial charge < -0.3 is 10.1 Å². The average molecular weight is 459 g/mol. The zero-order valence-electron chi connectivity index (χ0n) is 18.9. The molecule has 1 amide bonds. The molecule has 4 rings (SSSR count). The number of nitrogens with zero attached hydrogens (tertiary/aromatic N) is 3. The van der Waals surface area contributed by atoms with Gasteiger partial charge in [0.2, 0.25) is 5.91 Å². The molecule has 0 spiro atoms. The Hall–Kier alpha value is -3.58. The van der Waals surface area contributed by atoms with Crippen molar-refractivity contribution >= 4 is 23.4 Å². The molecule has 1 aromatic heterocycles. The lowest BCUT2D eigenvalue weighted by atomic mass is 10.1. The third kappa shape index (κ3) is 5.43. The first kappa shape index (κ1) is 22.6. The number of carbonyl (C=O) groups excluding carboxylic acids is 1. The van der Waals surface area contributed by atoms with Crippen molar-refractivity contribution in [3.8, 4) is 17.1 Å². The highest BCUT2D eigenvalue weighted by atomic mass is 32.2. The van der Waals surface area contributed by atoms with E-state index in [-0.39, 0.29) is 11.2 Å². The lowest BCUT2D eigenvalue weighted by Gasteiger charge is -2.15. The maximum Gasteiger partial charge on any atom is 0.237 e. The van der Waals surface area contributed by atoms with Crippen molar-refractivity contribution in [1.29, 1.82) is 0 Å². The van der Waals surface area contributed by atoms with Crippen molar-refractivity contribution in [2.75, 3.05) is 12.4 Å². The zero-order chi connectivity index (χ0) is 23.2. The van der Waals surface area contributed by atoms with Gasteiger partial charge in [-0.25, -0.2) is 0 Å². The van der Waals surface area contributed by atoms with Gasteiger partial charge in [-0.2, -0.15) is 0 Å². The Labute approximate surface area is 198 Å². The van der Waals surface area contributed by atoms with E-state index >= 15 is 0 Å². The molecule has 0 saturated carbocycles. The van der Waals surface area contributed by atoms with Crippen LogP contribution in [0.25, 0.3) is 11.4 Å². The third-order valence-corrected chi connectivity index (χ3v) is 6.30. The number of hydrogen-bond acceptors (Lipinski definition) is 5. The summed E-state index contributed by atoms with van der Waals surface area (Å²) in [6.07, 6.45) is 0. The van der Waals surface area contributed by atoms with Crippen molar-refractivity contribution in [2.24, 2.45) is 0 Å². The lowest BCUT2D eigenvalue weighted by Crippen LogP contribution is -2.23. The maximum atomic E-state index is 12.8. The van der Waals surface area contributed by atoms with E-state index in [0.717, 1.165) is 28.1 Å². The Morgan fingerprint density at radius 3 is 2.42 bits per heavy atom. The SMILES string of the molecule is COc1ccccc1-c1nnc(S[C@@H](C)C(=O)Nc2ccc(C)cc2)n1Cc1ccccc1. The highest BCUT2D eigenvalue weighted by molar-refractivity contribution is 8.00. The maximum absolute atomic E-state index is 12.8. The number of aryl methyl sites for hydroxylation is 1. The van der Waals surface area contributed by atoms with E-state index in [4.69, 9.17) is 4.74 Å². The monoisotopic (exact) mass is 458 g/mol. The summed E-state index contributed by atoms with van der Waals surface area (Å²) in [5.41, 5.74) is 3.89. The van der Waals surface area contributed by atoms with Crippen LogP contribution in [-0.2, 0) is 11.3 Å². The summed E-state index contributed by atoms with van der Waals surface area (Å²) >= 11 is 1.39. The number of thioether (sulfide) groups is 1. The molecule has 0 aliphatic carbocycles. The van der Waals surface area contributed by atoms with Crippen LogP contribution in [0.15, 0.2) is 84.0 Å². The normalized spacial score (nSPS) is 11.7. The number of hydrogen-bond donors (Lipinski definition) is 1. The van der Waals surface area contributed by atoms with E-state index in [1.54, 1.807) is 7.11 Å². The number of aromatic nitrogens is 3. The molecule has 4 aromatic rings. The minimum Gasteiger partial charge on any atom is -0.496 e. The first-order valence-corrected chi connectivity index (χ1v) is 11.6. The Morgan fingerprint density at radius 1 is 1.00 bits per heavy atom. The number of amides is 1. The Morgan fingerprint density at radius 2 is 1.70 bits per heavy atom. The smallest absolute Gasteiger partial charge is 0.237 e. The quantitative estimate of drug-likeness (QED) is 0.357. The second kappa shape index (κ2) is 10.4. The molecule has 0 saturated heterocycles. The predicted molar refractivity (Wildman–Crippen MR) is 133 cm³/mol. The van der Waals surface area contributed by atoms with Crippen LogP contribution in [0, 0.1) is 6.92 Å². The minimum atomic E-state index is -0.365. The molecule has 1 atom stereocenters. The first-order valence-electron chi connectivity index (χ1n) is 10.7. The molecular formula is C26H26N4O2S. The van der Waals surface area contributed by atoms with E-state index in [2.05, 4.69) is 27.6 Å². The molecule has 3 aromatic carbocycles. The van der Waals surface area contributed by atoms with E-state index in [0.29, 0.717) is 17.5 Å². The molecule has 168 valence electrons. The topological polar surface area (TPSA) is 69.0 Å². The molecule has 1 N–H and O–H groups in total. The number of carbonyl (C=O) groups is 1. The summed E-state index contributed by atoms with van der Waals surface area (Å²) in [6, 6.07) is 25.6. The second-order valence-electron chi connectivity index (χ2n) is 7.69. The van der Waals surface area contributed by atoms with Crippen molar-refractivity contribution in [2.45, 2.75) is 30.8 Å². The van der Waals surface area contributed by atoms with Crippen LogP contribution in [0.2, 0.25) is 0 Å². The molecule has 33 heavy (non-hydrogen) atoms. The van der Waals surface area contributed by atoms with Gasteiger partial charge in [-0.15, -0.1) is 10.2 Å². The summed E-state index contributed by atoms with van der Waals surface area (Å²) < 4.78 is 7.59. The van der Waals surface area contributed by atoms with Crippen molar-refractivity contribution in [3.05, 3.63) is 90.0 Å². The van der Waals surface area contributed by atoms with Gasteiger partial charge in [0.05, 0.1) is 24.5 Å². The summed E-state index contributed by atoms with van der Waals surface area (Å²) in [6.45, 7) is 4.47. The first-order chi connectivity index (χ1) is 16.0. The summed E-state index contributed by atoms with van der Waals surface area (Å²) in [4.78, 5) is 12.8. The minimum absolute atomic E-state index is 0.0862. The standard InChI is InChI=1S/C26H26N4O2S/c1-18-13-15-21(16-14-18)27-25(31)19(2)33-26-29-28-24(22-11-7-8-12-23(22)32-3)30(26)17-20-9-5-4-6-10-20/h4-16,19H,17H2,1-3H3,(H,27,31)/t19-/m0/s1. The molecule has 0 aliphatic heterocycles. The van der Waals surface area contributed by atoms with E-state index in [1.807, 2.05) is 85.1 Å². The van der Waals surface area contributed by atoms with Gasteiger partial charge in [0, 0.05) is 5.69 Å². The number of para-hydroxylation sites is 1. The highest BCUT2D eigenvalue weighted by Crippen LogP contribution is 2.32. The van der Waals surface area contributed by atoms with Gasteiger partial charge in [-0.05, 0) is 43.7 Å². The predicted octanol–water partition coefficient (Wildman–Crippen LogP) is 5.43. The van der Waals surface area contributed by atoms with Crippen LogP contribution in [-0.4, -0.2) is 33.0 Å². The molecule has 6 nitrogen and oxygen atoms in total. The van der Waals surface area contributed by atoms with Gasteiger partial charge in [0.1, 0.15) is 5.75 Å². The summed E-state index contributed by atoms with van der Waals surface area (Å²) in [5, 5.41) is 12.2. The number of rotatable bonds is 8. The van der Waals surface area contributed by atoms with Crippen molar-refractivity contribution in [3.63, 3.8) is 0 Å². The van der Waals surface area contributed by atoms with E-state index < -0.39 is 0 Å². The number of benzene rings is 3. The molecular weight excluding hydrogens is 432 g/mol. The van der Waals surface area contributed by atoms with Crippen LogP contribution in [0.4, 0.5) is 5.69 Å². The fourth-order valence-corrected chi connectivity index (χ4v) is 4.25. The Bertz CT molecular complexity index is 1220. The molecule has 0 radical (unpaired) electrons. The second-order valence-corrected chi connectivity index (χ2v) is 9.00. The Balaban J connectivity index is 1.62. The van der Waals surface area contributed by atoms with Gasteiger partial charge in [-0.3, -0.25) is 9.36 Å². The zero-order valence-corrected chi connectivity index (χ0v) is 19.7. The summed E-state index contributed by atoms with van der Waals surface area (Å²) in [7, 11) is 1.64. The molecule has 1 heterocycles. The van der Waals surface area contributed by atoms with Crippen LogP contribution in [0.5, 0.6) is 5.75 Å². The molecule has 0 bridgehead atoms. The molecule has 0 aliphatic rings. The highest BCUT2D eigenvalue weighted by Gasteiger charge is 2.22. The van der Waals surface area contributed by atoms with E-state index in [1.165, 1.54) is 11.8 Å². The van der Waals surface area contributed by atoms with Crippen molar-refractivity contribution < 1.29 is 9.53 Å². The van der Waals surface area contributed by atoms with Gasteiger partial charge in [0.25, 0.3) is 0 Å². The number of methoxy groups -OCH3 is 1. The largest absolute Gasteiger partial charge is 0.496 e. The van der Waals surface area contributed by atoms with Crippen LogP contribution in [0.1, 0.15) is 18.1 Å². The fraction of sp³-hybridized carbons (Fsp3) is 0.192. The molecule has 7 heteroatoms. The fourth-order valence-electron chi connectivity index (χ4n) is 3.41. The number of nitrogens with one attached hydrogen (secondary N) is 1. The molecule has 0 unspecified atom stereocenters. The lowest BCUT2D eigenvalue weighted by molar-refractivity contribution is -0.115. The Kier molecular flexibility index (Phi) is 7.10. The van der Waals surface area contributed by atoms with Crippen LogP contribution >= 0.6 is 11.8 Å². The van der Waals surface area contributed by atoms with Crippen LogP contribution in [0.3, 0.4) is 0 Å².